The summed E-state index contributed by atoms with van der Waals surface area (Å²) in [4.78, 5) is 4.37. The molecule has 0 radical (unpaired) electrons. The van der Waals surface area contributed by atoms with Gasteiger partial charge in [-0.2, -0.15) is 0 Å². The fourth-order valence-corrected chi connectivity index (χ4v) is 3.22. The molecule has 0 aliphatic carbocycles. The number of nitrogens with two attached hydrogens (primary N) is 1. The second-order valence-corrected chi connectivity index (χ2v) is 6.06. The van der Waals surface area contributed by atoms with Crippen molar-refractivity contribution in [1.29, 1.82) is 0 Å². The summed E-state index contributed by atoms with van der Waals surface area (Å²) in [6.07, 6.45) is 1.70. The third-order valence-corrected chi connectivity index (χ3v) is 4.01. The topological polar surface area (TPSA) is 50.9 Å². The van der Waals surface area contributed by atoms with Gasteiger partial charge in [-0.3, -0.25) is 4.98 Å². The fraction of sp³-hybridized carbons (Fsp3) is 0.118. The summed E-state index contributed by atoms with van der Waals surface area (Å²) in [6, 6.07) is 12.2. The van der Waals surface area contributed by atoms with Crippen LogP contribution in [0.4, 0.5) is 17.1 Å². The largest absolute Gasteiger partial charge is 0.396 e. The average molecular weight is 342 g/mol. The van der Waals surface area contributed by atoms with Crippen molar-refractivity contribution in [2.24, 2.45) is 0 Å². The molecule has 1 heterocycles. The Morgan fingerprint density at radius 2 is 1.71 bits per heavy atom. The highest BCUT2D eigenvalue weighted by atomic mass is 79.9. The predicted octanol–water partition coefficient (Wildman–Crippen LogP) is 4.94. The highest BCUT2D eigenvalue weighted by Gasteiger charge is 2.10. The van der Waals surface area contributed by atoms with Gasteiger partial charge in [0.2, 0.25) is 0 Å². The van der Waals surface area contributed by atoms with Gasteiger partial charge in [0.05, 0.1) is 23.1 Å². The molecule has 0 aliphatic rings. The molecule has 21 heavy (non-hydrogen) atoms. The lowest BCUT2D eigenvalue weighted by molar-refractivity contribution is 1.34. The van der Waals surface area contributed by atoms with E-state index in [2.05, 4.69) is 52.2 Å². The number of fused-ring (bicyclic) bond motifs is 1. The van der Waals surface area contributed by atoms with Crippen molar-refractivity contribution in [1.82, 2.24) is 4.98 Å². The minimum absolute atomic E-state index is 0.649. The summed E-state index contributed by atoms with van der Waals surface area (Å²) in [5.41, 5.74) is 12.0. The number of aryl methyl sites for hydroxylation is 2. The van der Waals surface area contributed by atoms with Gasteiger partial charge in [0.15, 0.2) is 0 Å². The molecular formula is C17H16BrN3. The number of anilines is 3. The number of rotatable bonds is 2. The van der Waals surface area contributed by atoms with E-state index in [0.29, 0.717) is 5.69 Å². The van der Waals surface area contributed by atoms with Crippen LogP contribution in [0.2, 0.25) is 0 Å². The molecule has 0 bridgehead atoms. The SMILES string of the molecule is Cc1cc(Br)cc(C)c1Nc1c(N)cnc2ccccc12. The van der Waals surface area contributed by atoms with Crippen molar-refractivity contribution in [2.45, 2.75) is 13.8 Å². The maximum atomic E-state index is 6.13. The molecule has 0 saturated heterocycles. The van der Waals surface area contributed by atoms with Gasteiger partial charge in [-0.25, -0.2) is 0 Å². The van der Waals surface area contributed by atoms with Gasteiger partial charge in [0.25, 0.3) is 0 Å². The van der Waals surface area contributed by atoms with Crippen LogP contribution in [0.3, 0.4) is 0 Å². The van der Waals surface area contributed by atoms with E-state index in [9.17, 15) is 0 Å². The predicted molar refractivity (Wildman–Crippen MR) is 93.1 cm³/mol. The van der Waals surface area contributed by atoms with Crippen LogP contribution in [0, 0.1) is 13.8 Å². The Bertz CT molecular complexity index is 804. The molecule has 3 aromatic rings. The number of hydrogen-bond donors (Lipinski definition) is 2. The number of halogens is 1. The van der Waals surface area contributed by atoms with Gasteiger partial charge >= 0.3 is 0 Å². The Morgan fingerprint density at radius 1 is 1.05 bits per heavy atom. The first-order valence-corrected chi connectivity index (χ1v) is 7.52. The Hall–Kier alpha value is -2.07. The molecule has 3 nitrogen and oxygen atoms in total. The molecule has 1 aromatic heterocycles. The van der Waals surface area contributed by atoms with Crippen molar-refractivity contribution in [3.8, 4) is 0 Å². The van der Waals surface area contributed by atoms with Gasteiger partial charge in [-0.1, -0.05) is 34.1 Å². The second kappa shape index (κ2) is 5.37. The first-order valence-electron chi connectivity index (χ1n) is 6.73. The number of nitrogens with zero attached hydrogens (tertiary/aromatic N) is 1. The van der Waals surface area contributed by atoms with E-state index in [1.165, 1.54) is 11.1 Å². The summed E-state index contributed by atoms with van der Waals surface area (Å²) in [6.45, 7) is 4.17. The summed E-state index contributed by atoms with van der Waals surface area (Å²) in [5, 5.41) is 4.52. The summed E-state index contributed by atoms with van der Waals surface area (Å²) < 4.78 is 1.08. The molecule has 0 amide bonds. The van der Waals surface area contributed by atoms with Crippen molar-refractivity contribution < 1.29 is 0 Å². The van der Waals surface area contributed by atoms with Crippen LogP contribution in [0.25, 0.3) is 10.9 Å². The van der Waals surface area contributed by atoms with Crippen LogP contribution in [-0.2, 0) is 0 Å². The van der Waals surface area contributed by atoms with Gasteiger partial charge < -0.3 is 11.1 Å². The van der Waals surface area contributed by atoms with Gasteiger partial charge in [0, 0.05) is 15.5 Å². The molecule has 2 aromatic carbocycles. The number of hydrogen-bond acceptors (Lipinski definition) is 3. The van der Waals surface area contributed by atoms with E-state index in [4.69, 9.17) is 5.73 Å². The molecule has 0 aliphatic heterocycles. The molecular weight excluding hydrogens is 326 g/mol. The minimum Gasteiger partial charge on any atom is -0.396 e. The molecule has 3 N–H and O–H groups in total. The average Bonchev–Trinajstić information content (AvgIpc) is 2.44. The third kappa shape index (κ3) is 2.59. The van der Waals surface area contributed by atoms with E-state index in [-0.39, 0.29) is 0 Å². The summed E-state index contributed by atoms with van der Waals surface area (Å²) in [5.74, 6) is 0. The highest BCUT2D eigenvalue weighted by molar-refractivity contribution is 9.10. The van der Waals surface area contributed by atoms with Crippen molar-refractivity contribution in [2.75, 3.05) is 11.1 Å². The standard InChI is InChI=1S/C17H16BrN3/c1-10-7-12(18)8-11(2)16(10)21-17-13-5-3-4-6-15(13)20-9-14(17)19/h3-9H,19H2,1-2H3,(H,20,21). The number of pyridine rings is 1. The molecule has 106 valence electrons. The van der Waals surface area contributed by atoms with Crippen molar-refractivity contribution in [3.63, 3.8) is 0 Å². The lowest BCUT2D eigenvalue weighted by Gasteiger charge is -2.16. The molecule has 0 atom stereocenters. The van der Waals surface area contributed by atoms with Crippen LogP contribution in [0.15, 0.2) is 47.1 Å². The zero-order chi connectivity index (χ0) is 15.0. The van der Waals surface area contributed by atoms with Crippen LogP contribution < -0.4 is 11.1 Å². The van der Waals surface area contributed by atoms with Crippen molar-refractivity contribution in [3.05, 3.63) is 58.2 Å². The fourth-order valence-electron chi connectivity index (χ4n) is 2.53. The number of para-hydroxylation sites is 1. The van der Waals surface area contributed by atoms with Crippen LogP contribution >= 0.6 is 15.9 Å². The highest BCUT2D eigenvalue weighted by Crippen LogP contribution is 2.34. The van der Waals surface area contributed by atoms with Gasteiger partial charge in [0.1, 0.15) is 0 Å². The quantitative estimate of drug-likeness (QED) is 0.693. The second-order valence-electron chi connectivity index (χ2n) is 5.15. The van der Waals surface area contributed by atoms with E-state index in [0.717, 1.165) is 26.8 Å². The van der Waals surface area contributed by atoms with E-state index >= 15 is 0 Å². The Balaban J connectivity index is 2.17. The maximum Gasteiger partial charge on any atom is 0.0746 e. The maximum absolute atomic E-state index is 6.13. The Labute approximate surface area is 132 Å². The smallest absolute Gasteiger partial charge is 0.0746 e. The number of nitrogens with one attached hydrogen (secondary N) is 1. The zero-order valence-electron chi connectivity index (χ0n) is 11.9. The number of benzene rings is 2. The Kier molecular flexibility index (Phi) is 3.55. The lowest BCUT2D eigenvalue weighted by atomic mass is 10.1. The first-order chi connectivity index (χ1) is 10.1. The van der Waals surface area contributed by atoms with Crippen LogP contribution in [-0.4, -0.2) is 4.98 Å². The summed E-state index contributed by atoms with van der Waals surface area (Å²) in [7, 11) is 0. The minimum atomic E-state index is 0.649. The van der Waals surface area contributed by atoms with Crippen LogP contribution in [0.1, 0.15) is 11.1 Å². The Morgan fingerprint density at radius 3 is 2.43 bits per heavy atom. The van der Waals surface area contributed by atoms with Crippen LogP contribution in [0.5, 0.6) is 0 Å². The zero-order valence-corrected chi connectivity index (χ0v) is 13.5. The molecule has 3 rings (SSSR count). The molecule has 4 heteroatoms. The molecule has 0 fully saturated rings. The van der Waals surface area contributed by atoms with Gasteiger partial charge in [-0.05, 0) is 43.2 Å². The van der Waals surface area contributed by atoms with E-state index in [1.54, 1.807) is 6.20 Å². The molecule has 0 unspecified atom stereocenters. The van der Waals surface area contributed by atoms with Crippen molar-refractivity contribution >= 4 is 43.9 Å². The van der Waals surface area contributed by atoms with E-state index < -0.39 is 0 Å². The summed E-state index contributed by atoms with van der Waals surface area (Å²) >= 11 is 3.52. The van der Waals surface area contributed by atoms with Gasteiger partial charge in [-0.15, -0.1) is 0 Å². The first kappa shape index (κ1) is 13.9. The normalized spacial score (nSPS) is 10.8. The third-order valence-electron chi connectivity index (χ3n) is 3.55. The molecule has 0 spiro atoms. The monoisotopic (exact) mass is 341 g/mol. The number of aromatic nitrogens is 1. The lowest BCUT2D eigenvalue weighted by Crippen LogP contribution is -2.01. The molecule has 0 saturated carbocycles. The number of nitrogen functional groups attached to an aromatic ring is 1. The van der Waals surface area contributed by atoms with E-state index in [1.807, 2.05) is 24.3 Å².